The van der Waals surface area contributed by atoms with Crippen molar-refractivity contribution in [3.8, 4) is 0 Å². The molecular weight excluding hydrogens is 909 g/mol. The van der Waals surface area contributed by atoms with E-state index in [1.165, 1.54) is 0 Å². The van der Waals surface area contributed by atoms with Gasteiger partial charge in [0.1, 0.15) is 0 Å². The van der Waals surface area contributed by atoms with Gasteiger partial charge in [-0.3, -0.25) is 0 Å². The minimum absolute atomic E-state index is 0.00136. The van der Waals surface area contributed by atoms with Crippen LogP contribution in [0.15, 0.2) is 12.2 Å². The van der Waals surface area contributed by atoms with E-state index < -0.39 is 70.4 Å². The molecule has 14 rings (SSSR count). The lowest BCUT2D eigenvalue weighted by molar-refractivity contribution is -0.0481. The van der Waals surface area contributed by atoms with Crippen LogP contribution in [0.4, 0.5) is 0 Å². The molecule has 14 aliphatic rings. The molecule has 7 saturated carbocycles. The van der Waals surface area contributed by atoms with E-state index in [4.69, 9.17) is 49.4 Å². The highest BCUT2D eigenvalue weighted by molar-refractivity contribution is 7.04. The molecule has 0 aromatic carbocycles. The quantitative estimate of drug-likeness (QED) is 0.171. The Morgan fingerprint density at radius 3 is 0.557 bits per heavy atom. The highest BCUT2D eigenvalue weighted by Crippen LogP contribution is 2.67. The Bertz CT molecular complexity index is 1500. The topological polar surface area (TPSA) is 111 Å². The van der Waals surface area contributed by atoms with Gasteiger partial charge in [0, 0.05) is 44.3 Å². The van der Waals surface area contributed by atoms with Gasteiger partial charge in [-0.2, -0.15) is 0 Å². The fourth-order valence-electron chi connectivity index (χ4n) is 14.9. The van der Waals surface area contributed by atoms with Gasteiger partial charge in [0.25, 0.3) is 0 Å². The summed E-state index contributed by atoms with van der Waals surface area (Å²) in [5.41, 5.74) is 0.582. The van der Waals surface area contributed by atoms with Crippen LogP contribution in [0.1, 0.15) is 199 Å². The summed E-state index contributed by atoms with van der Waals surface area (Å²) >= 11 is 0. The van der Waals surface area contributed by atoms with E-state index >= 15 is 0 Å². The van der Waals surface area contributed by atoms with E-state index in [-0.39, 0.29) is 44.3 Å². The Morgan fingerprint density at radius 1 is 0.213 bits per heavy atom. The van der Waals surface area contributed by atoms with Gasteiger partial charge in [0.05, 0.1) is 0 Å². The molecule has 0 unspecified atom stereocenters. The van der Waals surface area contributed by atoms with E-state index in [1.54, 1.807) is 0 Å². The Kier molecular flexibility index (Phi) is 10.9. The van der Waals surface area contributed by atoms with E-state index in [0.29, 0.717) is 0 Å². The molecule has 8 aliphatic carbocycles. The lowest BCUT2D eigenvalue weighted by Crippen LogP contribution is -2.91. The Morgan fingerprint density at radius 2 is 0.393 bits per heavy atom. The molecule has 340 valence electrons. The zero-order valence-corrected chi connectivity index (χ0v) is 44.6. The van der Waals surface area contributed by atoms with Gasteiger partial charge in [-0.15, -0.1) is 0 Å². The van der Waals surface area contributed by atoms with Crippen molar-refractivity contribution >= 4 is 70.4 Å². The van der Waals surface area contributed by atoms with Crippen LogP contribution in [0.3, 0.4) is 0 Å². The van der Waals surface area contributed by atoms with Gasteiger partial charge in [-0.05, 0) is 109 Å². The molecule has 6 heterocycles. The van der Waals surface area contributed by atoms with Gasteiger partial charge in [-0.1, -0.05) is 102 Å². The van der Waals surface area contributed by atoms with Crippen molar-refractivity contribution in [1.82, 2.24) is 0 Å². The van der Waals surface area contributed by atoms with Gasteiger partial charge in [0.2, 0.25) is 0 Å². The lowest BCUT2D eigenvalue weighted by atomic mass is 10.1. The van der Waals surface area contributed by atoms with Crippen LogP contribution in [0.25, 0.3) is 0 Å². The molecule has 0 spiro atoms. The SMILES string of the molecule is C1=CC[C@H]([Si]23O[Si]4(C5CCCC5)O[Si]5(C6CCCC6)O[Si]6(C7CCCC7)O[Si](C7CCCC7)(O4)O[Si](C4CCCC4)(O[Si](C4CCCC4)(O6)O[Si](C4CCCC4)(O5)O2)O3)CC1. The fraction of sp³-hybridized carbons (Fsp3) is 0.951. The maximum absolute atomic E-state index is 8.51. The molecule has 20 heteroatoms. The van der Waals surface area contributed by atoms with E-state index in [9.17, 15) is 0 Å². The van der Waals surface area contributed by atoms with Crippen molar-refractivity contribution in [2.24, 2.45) is 0 Å². The zero-order valence-electron chi connectivity index (χ0n) is 36.6. The summed E-state index contributed by atoms with van der Waals surface area (Å²) in [5.74, 6) is 0. The van der Waals surface area contributed by atoms with Crippen LogP contribution < -0.4 is 0 Å². The normalized spacial score (nSPS) is 50.6. The second kappa shape index (κ2) is 15.8. The van der Waals surface area contributed by atoms with Gasteiger partial charge in [-0.25, -0.2) is 0 Å². The molecule has 0 aromatic heterocycles. The highest BCUT2D eigenvalue weighted by Gasteiger charge is 2.88. The first kappa shape index (κ1) is 42.1. The predicted molar refractivity (Wildman–Crippen MR) is 241 cm³/mol. The average Bonchev–Trinajstić information content (AvgIpc) is 4.09. The molecule has 61 heavy (non-hydrogen) atoms. The van der Waals surface area contributed by atoms with Crippen molar-refractivity contribution < 1.29 is 49.4 Å². The summed E-state index contributed by atoms with van der Waals surface area (Å²) in [6, 6.07) is 0. The largest absolute Gasteiger partial charge is 0.482 e. The molecule has 0 amide bonds. The maximum atomic E-state index is 8.51. The first-order chi connectivity index (χ1) is 29.8. The van der Waals surface area contributed by atoms with Crippen LogP contribution in [0.2, 0.25) is 44.3 Å². The van der Waals surface area contributed by atoms with Gasteiger partial charge in [0.15, 0.2) is 0 Å². The Hall–Kier alpha value is 0.995. The maximum Gasteiger partial charge on any atom is 0.482 e. The second-order valence-electron chi connectivity index (χ2n) is 21.9. The molecule has 13 fully saturated rings. The standard InChI is InChI=1S/C41H72O12Si8/c1-2-18-34(19-3-1)54-42-55(35-20-4-5-21-35)45-58(38-26-10-11-27-38)47-56(43-54,36-22-6-7-23-36)49-60(40-30-14-15-31-40)50-57(44-54,37-24-8-9-25-37)48-59(46-55,39-28-12-13-29-39)52-61(51-58,53-60)41-32-16-17-33-41/h1-2,34-41H,3-33H2/t34-,54?,55?,56?,57?,58?,59?,60?,61?/m0/s1. The third kappa shape index (κ3) is 6.70. The van der Waals surface area contributed by atoms with Crippen molar-refractivity contribution in [3.63, 3.8) is 0 Å². The summed E-state index contributed by atoms with van der Waals surface area (Å²) in [6.07, 6.45) is 37.2. The number of hydrogen-bond acceptors (Lipinski definition) is 12. The van der Waals surface area contributed by atoms with Crippen molar-refractivity contribution in [1.29, 1.82) is 0 Å². The molecule has 0 radical (unpaired) electrons. The molecule has 0 N–H and O–H groups in total. The minimum atomic E-state index is -3.94. The molecule has 8 bridgehead atoms. The number of hydrogen-bond donors (Lipinski definition) is 0. The summed E-state index contributed by atoms with van der Waals surface area (Å²) in [4.78, 5) is 0. The van der Waals surface area contributed by atoms with Gasteiger partial charge >= 0.3 is 70.4 Å². The molecule has 6 saturated heterocycles. The fourth-order valence-corrected chi connectivity index (χ4v) is 71.7. The first-order valence-electron chi connectivity index (χ1n) is 25.9. The Balaban J connectivity index is 1.14. The molecule has 0 aromatic rings. The Labute approximate surface area is 373 Å². The van der Waals surface area contributed by atoms with Crippen molar-refractivity contribution in [2.75, 3.05) is 0 Å². The summed E-state index contributed by atoms with van der Waals surface area (Å²) in [6.45, 7) is 0. The number of rotatable bonds is 8. The third-order valence-electron chi connectivity index (χ3n) is 18.2. The summed E-state index contributed by atoms with van der Waals surface area (Å²) in [7, 11) is -31.1. The highest BCUT2D eigenvalue weighted by atomic mass is 28.6. The third-order valence-corrected chi connectivity index (χ3v) is 58.0. The smallest absolute Gasteiger partial charge is 0.373 e. The molecule has 6 aliphatic heterocycles. The van der Waals surface area contributed by atoms with Crippen LogP contribution in [0, 0.1) is 0 Å². The first-order valence-corrected chi connectivity index (χ1v) is 40.3. The van der Waals surface area contributed by atoms with Crippen molar-refractivity contribution in [2.45, 2.75) is 243 Å². The lowest BCUT2D eigenvalue weighted by Gasteiger charge is -2.67. The molecule has 1 atom stereocenters. The van der Waals surface area contributed by atoms with Crippen molar-refractivity contribution in [3.05, 3.63) is 12.2 Å². The predicted octanol–water partition coefficient (Wildman–Crippen LogP) is 11.5. The minimum Gasteiger partial charge on any atom is -0.373 e. The zero-order chi connectivity index (χ0) is 40.4. The molecular formula is C41H72O12Si8. The molecule has 12 nitrogen and oxygen atoms in total. The van der Waals surface area contributed by atoms with Crippen LogP contribution in [-0.4, -0.2) is 70.4 Å². The second-order valence-corrected chi connectivity index (χ2v) is 47.9. The number of allylic oxidation sites excluding steroid dienone is 2. The van der Waals surface area contributed by atoms with Crippen LogP contribution in [-0.2, 0) is 49.4 Å². The monoisotopic (exact) mass is 980 g/mol. The summed E-state index contributed by atoms with van der Waals surface area (Å²) in [5, 5.41) is 0. The van der Waals surface area contributed by atoms with Gasteiger partial charge < -0.3 is 49.4 Å². The van der Waals surface area contributed by atoms with E-state index in [2.05, 4.69) is 12.2 Å². The van der Waals surface area contributed by atoms with E-state index in [1.807, 2.05) is 0 Å². The summed E-state index contributed by atoms with van der Waals surface area (Å²) < 4.78 is 102. The van der Waals surface area contributed by atoms with E-state index in [0.717, 1.165) is 199 Å². The van der Waals surface area contributed by atoms with Crippen LogP contribution >= 0.6 is 0 Å². The van der Waals surface area contributed by atoms with Crippen LogP contribution in [0.5, 0.6) is 0 Å². The average molecular weight is 982 g/mol.